The summed E-state index contributed by atoms with van der Waals surface area (Å²) >= 11 is 1.64. The Morgan fingerprint density at radius 2 is 2.00 bits per heavy atom. The summed E-state index contributed by atoms with van der Waals surface area (Å²) in [4.78, 5) is 24.1. The summed E-state index contributed by atoms with van der Waals surface area (Å²) < 4.78 is 0. The van der Waals surface area contributed by atoms with E-state index in [2.05, 4.69) is 10.6 Å². The fourth-order valence-electron chi connectivity index (χ4n) is 1.65. The van der Waals surface area contributed by atoms with E-state index < -0.39 is 6.04 Å². The van der Waals surface area contributed by atoms with Gasteiger partial charge in [-0.1, -0.05) is 18.2 Å². The van der Waals surface area contributed by atoms with Crippen molar-refractivity contribution in [1.29, 1.82) is 0 Å². The molecule has 0 saturated carbocycles. The van der Waals surface area contributed by atoms with E-state index in [1.54, 1.807) is 36.0 Å². The van der Waals surface area contributed by atoms with Crippen molar-refractivity contribution in [2.75, 3.05) is 25.1 Å². The van der Waals surface area contributed by atoms with Gasteiger partial charge in [0.05, 0.1) is 0 Å². The molecule has 0 heterocycles. The molecule has 0 aliphatic heterocycles. The Balaban J connectivity index is 2.63. The predicted octanol–water partition coefficient (Wildman–Crippen LogP) is 0.613. The van der Waals surface area contributed by atoms with Crippen molar-refractivity contribution in [2.45, 2.75) is 12.5 Å². The topological polar surface area (TPSA) is 84.2 Å². The number of amides is 2. The van der Waals surface area contributed by atoms with Crippen LogP contribution >= 0.6 is 11.8 Å². The Hall–Kier alpha value is -1.53. The molecule has 1 aromatic rings. The van der Waals surface area contributed by atoms with Crippen LogP contribution < -0.4 is 16.4 Å². The zero-order valence-electron chi connectivity index (χ0n) is 11.6. The Morgan fingerprint density at radius 1 is 1.30 bits per heavy atom. The molecule has 1 aromatic carbocycles. The summed E-state index contributed by atoms with van der Waals surface area (Å²) in [5, 5.41) is 5.48. The summed E-state index contributed by atoms with van der Waals surface area (Å²) in [6, 6.07) is 8.34. The molecule has 1 rings (SSSR count). The third-order valence-corrected chi connectivity index (χ3v) is 3.36. The van der Waals surface area contributed by atoms with Crippen LogP contribution in [-0.2, 0) is 4.79 Å². The highest BCUT2D eigenvalue weighted by Crippen LogP contribution is 2.04. The molecular weight excluding hydrogens is 274 g/mol. The van der Waals surface area contributed by atoms with Crippen molar-refractivity contribution in [3.63, 3.8) is 0 Å². The summed E-state index contributed by atoms with van der Waals surface area (Å²) in [6.45, 7) is 0.795. The Labute approximate surface area is 123 Å². The second-order valence-corrected chi connectivity index (χ2v) is 5.24. The molecule has 2 amide bonds. The molecule has 1 atom stereocenters. The van der Waals surface area contributed by atoms with Gasteiger partial charge in [-0.25, -0.2) is 0 Å². The van der Waals surface area contributed by atoms with E-state index in [0.717, 1.165) is 5.75 Å². The molecule has 1 unspecified atom stereocenters. The van der Waals surface area contributed by atoms with Gasteiger partial charge < -0.3 is 16.4 Å². The predicted molar refractivity (Wildman–Crippen MR) is 82.8 cm³/mol. The van der Waals surface area contributed by atoms with Crippen LogP contribution in [0.3, 0.4) is 0 Å². The standard InChI is InChI=1S/C14H21N3O2S/c1-20-10-7-12(14(19)16-9-8-15)17-13(18)11-5-3-2-4-6-11/h2-6,12H,7-10,15H2,1H3,(H,16,19)(H,17,18). The maximum atomic E-state index is 12.1. The van der Waals surface area contributed by atoms with Crippen LogP contribution in [0.15, 0.2) is 30.3 Å². The van der Waals surface area contributed by atoms with E-state index in [0.29, 0.717) is 25.1 Å². The first-order valence-electron chi connectivity index (χ1n) is 6.51. The molecule has 0 radical (unpaired) electrons. The van der Waals surface area contributed by atoms with Gasteiger partial charge in [-0.2, -0.15) is 11.8 Å². The summed E-state index contributed by atoms with van der Waals surface area (Å²) in [6.07, 6.45) is 2.56. The first-order valence-corrected chi connectivity index (χ1v) is 7.91. The summed E-state index contributed by atoms with van der Waals surface area (Å²) in [5.41, 5.74) is 5.91. The van der Waals surface area contributed by atoms with Crippen molar-refractivity contribution in [2.24, 2.45) is 5.73 Å². The van der Waals surface area contributed by atoms with E-state index in [9.17, 15) is 9.59 Å². The molecule has 0 bridgehead atoms. The Kier molecular flexibility index (Phi) is 7.75. The number of hydrogen-bond acceptors (Lipinski definition) is 4. The molecule has 5 nitrogen and oxygen atoms in total. The molecule has 0 aliphatic rings. The SMILES string of the molecule is CSCCC(NC(=O)c1ccccc1)C(=O)NCCN. The second-order valence-electron chi connectivity index (χ2n) is 4.25. The average Bonchev–Trinajstić information content (AvgIpc) is 2.49. The third kappa shape index (κ3) is 5.63. The van der Waals surface area contributed by atoms with Gasteiger partial charge in [0.1, 0.15) is 6.04 Å². The van der Waals surface area contributed by atoms with Crippen molar-refractivity contribution in [3.05, 3.63) is 35.9 Å². The number of nitrogens with one attached hydrogen (secondary N) is 2. The van der Waals surface area contributed by atoms with E-state index in [1.807, 2.05) is 12.3 Å². The van der Waals surface area contributed by atoms with Crippen molar-refractivity contribution in [3.8, 4) is 0 Å². The molecule has 0 fully saturated rings. The minimum absolute atomic E-state index is 0.186. The van der Waals surface area contributed by atoms with E-state index in [4.69, 9.17) is 5.73 Å². The van der Waals surface area contributed by atoms with Crippen LogP contribution in [-0.4, -0.2) is 43.0 Å². The number of hydrogen-bond donors (Lipinski definition) is 3. The van der Waals surface area contributed by atoms with Crippen molar-refractivity contribution >= 4 is 23.6 Å². The molecule has 110 valence electrons. The van der Waals surface area contributed by atoms with Crippen molar-refractivity contribution < 1.29 is 9.59 Å². The monoisotopic (exact) mass is 295 g/mol. The van der Waals surface area contributed by atoms with Crippen LogP contribution in [0, 0.1) is 0 Å². The van der Waals surface area contributed by atoms with Gasteiger partial charge in [-0.05, 0) is 30.6 Å². The maximum Gasteiger partial charge on any atom is 0.251 e. The molecule has 0 saturated heterocycles. The van der Waals surface area contributed by atoms with Crippen LogP contribution in [0.25, 0.3) is 0 Å². The first-order chi connectivity index (χ1) is 9.69. The normalized spacial score (nSPS) is 11.7. The molecule has 0 spiro atoms. The van der Waals surface area contributed by atoms with Gasteiger partial charge in [0.2, 0.25) is 5.91 Å². The van der Waals surface area contributed by atoms with E-state index >= 15 is 0 Å². The number of carbonyl (C=O) groups is 2. The van der Waals surface area contributed by atoms with Gasteiger partial charge in [0, 0.05) is 18.7 Å². The number of thioether (sulfide) groups is 1. The number of carbonyl (C=O) groups excluding carboxylic acids is 2. The third-order valence-electron chi connectivity index (χ3n) is 2.71. The highest BCUT2D eigenvalue weighted by Gasteiger charge is 2.20. The highest BCUT2D eigenvalue weighted by atomic mass is 32.2. The summed E-state index contributed by atoms with van der Waals surface area (Å²) in [5.74, 6) is 0.379. The molecule has 0 aliphatic carbocycles. The lowest BCUT2D eigenvalue weighted by Crippen LogP contribution is -2.48. The highest BCUT2D eigenvalue weighted by molar-refractivity contribution is 7.98. The van der Waals surface area contributed by atoms with Gasteiger partial charge in [-0.15, -0.1) is 0 Å². The molecule has 4 N–H and O–H groups in total. The lowest BCUT2D eigenvalue weighted by molar-refractivity contribution is -0.122. The van der Waals surface area contributed by atoms with Gasteiger partial charge >= 0.3 is 0 Å². The minimum Gasteiger partial charge on any atom is -0.353 e. The van der Waals surface area contributed by atoms with Crippen LogP contribution in [0.1, 0.15) is 16.8 Å². The minimum atomic E-state index is -0.526. The Morgan fingerprint density at radius 3 is 2.60 bits per heavy atom. The van der Waals surface area contributed by atoms with Crippen LogP contribution in [0.5, 0.6) is 0 Å². The number of nitrogens with two attached hydrogens (primary N) is 1. The zero-order valence-corrected chi connectivity index (χ0v) is 12.4. The molecular formula is C14H21N3O2S. The molecule has 20 heavy (non-hydrogen) atoms. The molecule has 0 aromatic heterocycles. The Bertz CT molecular complexity index is 426. The number of benzene rings is 1. The van der Waals surface area contributed by atoms with Gasteiger partial charge in [-0.3, -0.25) is 9.59 Å². The van der Waals surface area contributed by atoms with Gasteiger partial charge in [0.25, 0.3) is 5.91 Å². The first kappa shape index (κ1) is 16.5. The lowest BCUT2D eigenvalue weighted by atomic mass is 10.1. The van der Waals surface area contributed by atoms with Gasteiger partial charge in [0.15, 0.2) is 0 Å². The second kappa shape index (κ2) is 9.39. The largest absolute Gasteiger partial charge is 0.353 e. The van der Waals surface area contributed by atoms with Crippen LogP contribution in [0.2, 0.25) is 0 Å². The molecule has 6 heteroatoms. The summed E-state index contributed by atoms with van der Waals surface area (Å²) in [7, 11) is 0. The lowest BCUT2D eigenvalue weighted by Gasteiger charge is -2.18. The van der Waals surface area contributed by atoms with E-state index in [-0.39, 0.29) is 11.8 Å². The van der Waals surface area contributed by atoms with E-state index in [1.165, 1.54) is 0 Å². The quantitative estimate of drug-likeness (QED) is 0.656. The van der Waals surface area contributed by atoms with Crippen molar-refractivity contribution in [1.82, 2.24) is 10.6 Å². The fourth-order valence-corrected chi connectivity index (χ4v) is 2.13. The average molecular weight is 295 g/mol. The zero-order chi connectivity index (χ0) is 14.8. The smallest absolute Gasteiger partial charge is 0.251 e. The number of rotatable bonds is 8. The fraction of sp³-hybridized carbons (Fsp3) is 0.429. The maximum absolute atomic E-state index is 12.1. The van der Waals surface area contributed by atoms with Crippen LogP contribution in [0.4, 0.5) is 0 Å².